The standard InChI is InChI=1S/C26H28BrFN4O3S/c1-5-6-11-36-26-30-25-29-15(2)22(16(3)33)23(32(25)31-26)18-12-19(27)24(21(13-18)34-4)35-14-17-9-7-8-10-20(17)28/h7-10,12-13,23H,5-6,11,14H2,1-4H3,(H,29,30,31). The lowest BCUT2D eigenvalue weighted by Crippen LogP contribution is -2.28. The molecule has 2 heterocycles. The van der Waals surface area contributed by atoms with Crippen LogP contribution in [-0.2, 0) is 11.4 Å². The maximum atomic E-state index is 14.1. The third-order valence-electron chi connectivity index (χ3n) is 5.84. The van der Waals surface area contributed by atoms with E-state index in [0.29, 0.717) is 38.2 Å². The van der Waals surface area contributed by atoms with Gasteiger partial charge in [0, 0.05) is 22.6 Å². The quantitative estimate of drug-likeness (QED) is 0.217. The highest BCUT2D eigenvalue weighted by atomic mass is 79.9. The second-order valence-corrected chi connectivity index (χ2v) is 10.3. The fourth-order valence-corrected chi connectivity index (χ4v) is 5.55. The lowest BCUT2D eigenvalue weighted by molar-refractivity contribution is -0.114. The van der Waals surface area contributed by atoms with Gasteiger partial charge in [0.2, 0.25) is 11.1 Å². The van der Waals surface area contributed by atoms with E-state index >= 15 is 0 Å². The number of Topliss-reactive ketones (excluding diaryl/α,β-unsaturated/α-hetero) is 1. The number of rotatable bonds is 10. The summed E-state index contributed by atoms with van der Waals surface area (Å²) in [4.78, 5) is 17.4. The van der Waals surface area contributed by atoms with E-state index in [1.807, 2.05) is 19.1 Å². The molecule has 1 aliphatic heterocycles. The van der Waals surface area contributed by atoms with Gasteiger partial charge in [-0.25, -0.2) is 9.07 Å². The van der Waals surface area contributed by atoms with Crippen LogP contribution >= 0.6 is 27.7 Å². The number of allylic oxidation sites excluding steroid dienone is 2. The minimum absolute atomic E-state index is 0.0393. The van der Waals surface area contributed by atoms with E-state index in [9.17, 15) is 9.18 Å². The lowest BCUT2D eigenvalue weighted by Gasteiger charge is -2.28. The third kappa shape index (κ3) is 5.44. The maximum Gasteiger partial charge on any atom is 0.227 e. The molecule has 0 spiro atoms. The van der Waals surface area contributed by atoms with Crippen LogP contribution in [0.25, 0.3) is 0 Å². The largest absolute Gasteiger partial charge is 0.493 e. The number of carbonyl (C=O) groups is 1. The summed E-state index contributed by atoms with van der Waals surface area (Å²) in [7, 11) is 1.54. The highest BCUT2D eigenvalue weighted by Gasteiger charge is 2.34. The third-order valence-corrected chi connectivity index (χ3v) is 7.35. The topological polar surface area (TPSA) is 78.3 Å². The Labute approximate surface area is 222 Å². The van der Waals surface area contributed by atoms with Gasteiger partial charge in [-0.05, 0) is 60.0 Å². The number of methoxy groups -OCH3 is 1. The number of nitrogens with zero attached hydrogens (tertiary/aromatic N) is 3. The van der Waals surface area contributed by atoms with E-state index in [1.54, 1.807) is 48.7 Å². The summed E-state index contributed by atoms with van der Waals surface area (Å²) in [6.07, 6.45) is 2.16. The summed E-state index contributed by atoms with van der Waals surface area (Å²) in [5, 5.41) is 8.62. The monoisotopic (exact) mass is 574 g/mol. The van der Waals surface area contributed by atoms with E-state index in [1.165, 1.54) is 6.07 Å². The van der Waals surface area contributed by atoms with Gasteiger partial charge in [0.05, 0.1) is 11.6 Å². The van der Waals surface area contributed by atoms with Crippen molar-refractivity contribution in [1.29, 1.82) is 0 Å². The molecule has 1 unspecified atom stereocenters. The Bertz CT molecular complexity index is 1310. The molecule has 2 aromatic carbocycles. The fourth-order valence-electron chi connectivity index (χ4n) is 4.07. The van der Waals surface area contributed by atoms with E-state index in [2.05, 4.69) is 33.2 Å². The number of benzene rings is 2. The average Bonchev–Trinajstić information content (AvgIpc) is 3.25. The van der Waals surface area contributed by atoms with Crippen LogP contribution in [0.15, 0.2) is 57.3 Å². The first-order chi connectivity index (χ1) is 17.3. The first kappa shape index (κ1) is 26.2. The van der Waals surface area contributed by atoms with E-state index in [4.69, 9.17) is 14.6 Å². The molecule has 0 radical (unpaired) electrons. The Balaban J connectivity index is 1.72. The van der Waals surface area contributed by atoms with Crippen LogP contribution in [0.4, 0.5) is 10.3 Å². The van der Waals surface area contributed by atoms with Crippen molar-refractivity contribution in [3.8, 4) is 11.5 Å². The van der Waals surface area contributed by atoms with Crippen molar-refractivity contribution in [1.82, 2.24) is 14.8 Å². The van der Waals surface area contributed by atoms with Crippen LogP contribution in [0.2, 0.25) is 0 Å². The number of fused-ring (bicyclic) bond motifs is 1. The number of hydrogen-bond acceptors (Lipinski definition) is 7. The number of ketones is 1. The van der Waals surface area contributed by atoms with Gasteiger partial charge in [-0.1, -0.05) is 43.3 Å². The Morgan fingerprint density at radius 2 is 2.08 bits per heavy atom. The molecule has 190 valence electrons. The van der Waals surface area contributed by atoms with Crippen LogP contribution in [0.1, 0.15) is 50.8 Å². The van der Waals surface area contributed by atoms with Gasteiger partial charge in [0.1, 0.15) is 18.5 Å². The number of ether oxygens (including phenoxy) is 2. The zero-order chi connectivity index (χ0) is 25.8. The zero-order valence-corrected chi connectivity index (χ0v) is 23.0. The Hall–Kier alpha value is -2.85. The first-order valence-electron chi connectivity index (χ1n) is 11.7. The molecule has 0 amide bonds. The van der Waals surface area contributed by atoms with Crippen molar-refractivity contribution in [2.75, 3.05) is 18.2 Å². The summed E-state index contributed by atoms with van der Waals surface area (Å²) < 4.78 is 28.1. The second-order valence-electron chi connectivity index (χ2n) is 8.40. The SMILES string of the molecule is CCCCSc1nc2n(n1)C(c1cc(Br)c(OCc3ccccc3F)c(OC)c1)C(C(C)=O)=C(C)N2. The van der Waals surface area contributed by atoms with Crippen LogP contribution in [0, 0.1) is 5.82 Å². The van der Waals surface area contributed by atoms with Gasteiger partial charge >= 0.3 is 0 Å². The van der Waals surface area contributed by atoms with E-state index in [-0.39, 0.29) is 18.2 Å². The predicted molar refractivity (Wildman–Crippen MR) is 142 cm³/mol. The molecule has 1 aliphatic rings. The number of anilines is 1. The molecular weight excluding hydrogens is 547 g/mol. The molecule has 10 heteroatoms. The maximum absolute atomic E-state index is 14.1. The van der Waals surface area contributed by atoms with Crippen molar-refractivity contribution in [2.45, 2.75) is 51.4 Å². The summed E-state index contributed by atoms with van der Waals surface area (Å²) in [6, 6.07) is 9.66. The summed E-state index contributed by atoms with van der Waals surface area (Å²) in [6.45, 7) is 5.59. The molecule has 7 nitrogen and oxygen atoms in total. The van der Waals surface area contributed by atoms with Gasteiger partial charge in [-0.3, -0.25) is 4.79 Å². The van der Waals surface area contributed by atoms with Gasteiger partial charge in [0.25, 0.3) is 0 Å². The van der Waals surface area contributed by atoms with Crippen molar-refractivity contribution < 1.29 is 18.7 Å². The Kier molecular flexibility index (Phi) is 8.35. The van der Waals surface area contributed by atoms with Gasteiger partial charge in [-0.15, -0.1) is 5.10 Å². The van der Waals surface area contributed by atoms with Crippen molar-refractivity contribution in [3.05, 3.63) is 69.1 Å². The number of thioether (sulfide) groups is 1. The van der Waals surface area contributed by atoms with Crippen molar-refractivity contribution in [2.24, 2.45) is 0 Å². The number of hydrogen-bond donors (Lipinski definition) is 1. The summed E-state index contributed by atoms with van der Waals surface area (Å²) >= 11 is 5.19. The van der Waals surface area contributed by atoms with E-state index in [0.717, 1.165) is 29.9 Å². The highest BCUT2D eigenvalue weighted by molar-refractivity contribution is 9.10. The second kappa shape index (κ2) is 11.5. The Morgan fingerprint density at radius 3 is 2.78 bits per heavy atom. The molecule has 36 heavy (non-hydrogen) atoms. The van der Waals surface area contributed by atoms with Crippen molar-refractivity contribution >= 4 is 39.4 Å². The minimum Gasteiger partial charge on any atom is -0.493 e. The van der Waals surface area contributed by atoms with Gasteiger partial charge in [-0.2, -0.15) is 4.98 Å². The lowest BCUT2D eigenvalue weighted by atomic mass is 9.93. The van der Waals surface area contributed by atoms with Gasteiger partial charge < -0.3 is 14.8 Å². The molecular formula is C26H28BrFN4O3S. The van der Waals surface area contributed by atoms with Gasteiger partial charge in [0.15, 0.2) is 17.3 Å². The average molecular weight is 576 g/mol. The number of unbranched alkanes of at least 4 members (excludes halogenated alkanes) is 1. The predicted octanol–water partition coefficient (Wildman–Crippen LogP) is 6.54. The molecule has 3 aromatic rings. The molecule has 0 saturated heterocycles. The van der Waals surface area contributed by atoms with Crippen LogP contribution in [-0.4, -0.2) is 33.4 Å². The van der Waals surface area contributed by atoms with Crippen LogP contribution < -0.4 is 14.8 Å². The molecule has 1 atom stereocenters. The minimum atomic E-state index is -0.502. The number of nitrogens with one attached hydrogen (secondary N) is 1. The van der Waals surface area contributed by atoms with Crippen molar-refractivity contribution in [3.63, 3.8) is 0 Å². The Morgan fingerprint density at radius 1 is 1.31 bits per heavy atom. The summed E-state index contributed by atoms with van der Waals surface area (Å²) in [5.74, 6) is 1.99. The molecule has 1 aromatic heterocycles. The molecule has 0 aliphatic carbocycles. The number of carbonyl (C=O) groups excluding carboxylic acids is 1. The highest BCUT2D eigenvalue weighted by Crippen LogP contribution is 2.43. The van der Waals surface area contributed by atoms with Crippen LogP contribution in [0.5, 0.6) is 11.5 Å². The first-order valence-corrected chi connectivity index (χ1v) is 13.4. The number of aromatic nitrogens is 3. The molecule has 0 fully saturated rings. The fraction of sp³-hybridized carbons (Fsp3) is 0.346. The molecule has 1 N–H and O–H groups in total. The van der Waals surface area contributed by atoms with E-state index < -0.39 is 6.04 Å². The summed E-state index contributed by atoms with van der Waals surface area (Å²) in [5.41, 5.74) is 2.53. The van der Waals surface area contributed by atoms with Crippen LogP contribution in [0.3, 0.4) is 0 Å². The molecule has 0 bridgehead atoms. The number of halogens is 2. The molecule has 4 rings (SSSR count). The zero-order valence-electron chi connectivity index (χ0n) is 20.6. The molecule has 0 saturated carbocycles. The normalized spacial score (nSPS) is 14.9. The smallest absolute Gasteiger partial charge is 0.227 e.